The summed E-state index contributed by atoms with van der Waals surface area (Å²) in [6, 6.07) is 9.22. The highest BCUT2D eigenvalue weighted by Gasteiger charge is 2.06. The molecule has 0 bridgehead atoms. The third-order valence-corrected chi connectivity index (χ3v) is 2.89. The van der Waals surface area contributed by atoms with E-state index in [0.717, 1.165) is 17.1 Å². The van der Waals surface area contributed by atoms with Crippen LogP contribution in [0.5, 0.6) is 0 Å². The van der Waals surface area contributed by atoms with Crippen molar-refractivity contribution in [2.75, 3.05) is 0 Å². The first-order chi connectivity index (χ1) is 7.69. The van der Waals surface area contributed by atoms with Crippen molar-refractivity contribution in [1.82, 2.24) is 0 Å². The summed E-state index contributed by atoms with van der Waals surface area (Å²) in [6.45, 7) is 0.411. The lowest BCUT2D eigenvalue weighted by molar-refractivity contribution is 0.475. The molecular formula is C12H11Cl2NO. The molecule has 0 aliphatic heterocycles. The van der Waals surface area contributed by atoms with Gasteiger partial charge in [0.2, 0.25) is 0 Å². The summed E-state index contributed by atoms with van der Waals surface area (Å²) in [7, 11) is 0. The zero-order valence-corrected chi connectivity index (χ0v) is 10.1. The van der Waals surface area contributed by atoms with E-state index in [1.165, 1.54) is 0 Å². The second kappa shape index (κ2) is 4.91. The molecule has 0 fully saturated rings. The lowest BCUT2D eigenvalue weighted by Crippen LogP contribution is -1.93. The van der Waals surface area contributed by atoms with Gasteiger partial charge in [-0.3, -0.25) is 0 Å². The Morgan fingerprint density at radius 2 is 1.81 bits per heavy atom. The lowest BCUT2D eigenvalue weighted by Gasteiger charge is -2.02. The maximum absolute atomic E-state index is 6.07. The minimum Gasteiger partial charge on any atom is -0.464 e. The van der Waals surface area contributed by atoms with Gasteiger partial charge in [0.25, 0.3) is 0 Å². The predicted molar refractivity (Wildman–Crippen MR) is 65.9 cm³/mol. The summed E-state index contributed by atoms with van der Waals surface area (Å²) in [4.78, 5) is 0. The van der Waals surface area contributed by atoms with Crippen LogP contribution in [0.1, 0.15) is 17.1 Å². The Morgan fingerprint density at radius 1 is 1.06 bits per heavy atom. The van der Waals surface area contributed by atoms with Crippen molar-refractivity contribution in [2.24, 2.45) is 5.73 Å². The van der Waals surface area contributed by atoms with Crippen LogP contribution in [0.2, 0.25) is 10.0 Å². The summed E-state index contributed by atoms with van der Waals surface area (Å²) in [5.41, 5.74) is 6.46. The van der Waals surface area contributed by atoms with Gasteiger partial charge >= 0.3 is 0 Å². The van der Waals surface area contributed by atoms with E-state index < -0.39 is 0 Å². The Balaban J connectivity index is 2.20. The second-order valence-electron chi connectivity index (χ2n) is 3.48. The van der Waals surface area contributed by atoms with Crippen LogP contribution >= 0.6 is 23.2 Å². The van der Waals surface area contributed by atoms with E-state index in [2.05, 4.69) is 0 Å². The van der Waals surface area contributed by atoms with Gasteiger partial charge in [0.05, 0.1) is 6.54 Å². The van der Waals surface area contributed by atoms with Crippen molar-refractivity contribution >= 4 is 23.2 Å². The summed E-state index contributed by atoms with van der Waals surface area (Å²) in [5, 5.41) is 1.29. The minimum atomic E-state index is 0.411. The number of hydrogen-bond acceptors (Lipinski definition) is 2. The van der Waals surface area contributed by atoms with Gasteiger partial charge in [0, 0.05) is 16.5 Å². The van der Waals surface area contributed by atoms with E-state index >= 15 is 0 Å². The average Bonchev–Trinajstić information content (AvgIpc) is 2.70. The number of nitrogens with two attached hydrogens (primary N) is 1. The summed E-state index contributed by atoms with van der Waals surface area (Å²) >= 11 is 11.9. The molecule has 2 nitrogen and oxygen atoms in total. The molecule has 0 atom stereocenters. The van der Waals surface area contributed by atoms with E-state index in [1.807, 2.05) is 24.3 Å². The van der Waals surface area contributed by atoms with Crippen LogP contribution in [0.4, 0.5) is 0 Å². The van der Waals surface area contributed by atoms with Crippen molar-refractivity contribution in [3.63, 3.8) is 0 Å². The largest absolute Gasteiger partial charge is 0.464 e. The highest BCUT2D eigenvalue weighted by atomic mass is 35.5. The maximum Gasteiger partial charge on any atom is 0.117 e. The molecule has 2 N–H and O–H groups in total. The van der Waals surface area contributed by atoms with Gasteiger partial charge in [-0.25, -0.2) is 0 Å². The lowest BCUT2D eigenvalue weighted by atomic mass is 10.1. The molecule has 1 aromatic carbocycles. The van der Waals surface area contributed by atoms with Crippen LogP contribution in [-0.2, 0) is 13.0 Å². The van der Waals surface area contributed by atoms with Crippen LogP contribution in [0.15, 0.2) is 34.7 Å². The van der Waals surface area contributed by atoms with Crippen molar-refractivity contribution in [1.29, 1.82) is 0 Å². The van der Waals surface area contributed by atoms with E-state index in [-0.39, 0.29) is 0 Å². The minimum absolute atomic E-state index is 0.411. The fraction of sp³-hybridized carbons (Fsp3) is 0.167. The van der Waals surface area contributed by atoms with Gasteiger partial charge in [-0.2, -0.15) is 0 Å². The Hall–Kier alpha value is -0.960. The van der Waals surface area contributed by atoms with Crippen molar-refractivity contribution in [2.45, 2.75) is 13.0 Å². The third-order valence-electron chi connectivity index (χ3n) is 2.30. The molecule has 0 aliphatic carbocycles. The highest BCUT2D eigenvalue weighted by Crippen LogP contribution is 2.24. The van der Waals surface area contributed by atoms with Gasteiger partial charge in [-0.15, -0.1) is 0 Å². The van der Waals surface area contributed by atoms with E-state index in [0.29, 0.717) is 23.0 Å². The van der Waals surface area contributed by atoms with Gasteiger partial charge < -0.3 is 10.2 Å². The van der Waals surface area contributed by atoms with E-state index in [1.54, 1.807) is 6.07 Å². The Morgan fingerprint density at radius 3 is 2.44 bits per heavy atom. The molecule has 2 aromatic rings. The smallest absolute Gasteiger partial charge is 0.117 e. The number of furan rings is 1. The molecule has 0 saturated heterocycles. The second-order valence-corrected chi connectivity index (χ2v) is 4.33. The summed E-state index contributed by atoms with van der Waals surface area (Å²) < 4.78 is 5.51. The molecule has 1 aromatic heterocycles. The molecular weight excluding hydrogens is 245 g/mol. The highest BCUT2D eigenvalue weighted by molar-refractivity contribution is 6.35. The first-order valence-corrected chi connectivity index (χ1v) is 5.66. The topological polar surface area (TPSA) is 39.2 Å². The molecule has 0 radical (unpaired) electrons. The summed E-state index contributed by atoms with van der Waals surface area (Å²) in [6.07, 6.45) is 0.649. The van der Waals surface area contributed by atoms with Crippen LogP contribution in [0, 0.1) is 0 Å². The first kappa shape index (κ1) is 11.5. The Kier molecular flexibility index (Phi) is 3.54. The molecule has 16 heavy (non-hydrogen) atoms. The standard InChI is InChI=1S/C12H11Cl2NO/c13-9-2-1-8(12(14)6-9)5-10-3-4-11(7-15)16-10/h1-4,6H,5,7,15H2. The molecule has 2 rings (SSSR count). The molecule has 4 heteroatoms. The zero-order chi connectivity index (χ0) is 11.5. The molecule has 0 aliphatic rings. The molecule has 0 unspecified atom stereocenters. The SMILES string of the molecule is NCc1ccc(Cc2ccc(Cl)cc2Cl)o1. The third kappa shape index (κ3) is 2.59. The van der Waals surface area contributed by atoms with Gasteiger partial charge in [-0.05, 0) is 29.8 Å². The normalized spacial score (nSPS) is 10.7. The predicted octanol–water partition coefficient (Wildman–Crippen LogP) is 3.64. The number of benzene rings is 1. The molecule has 0 amide bonds. The Bertz CT molecular complexity index is 494. The fourth-order valence-corrected chi connectivity index (χ4v) is 1.96. The quantitative estimate of drug-likeness (QED) is 0.910. The fourth-order valence-electron chi connectivity index (χ4n) is 1.48. The van der Waals surface area contributed by atoms with Crippen LogP contribution in [0.25, 0.3) is 0 Å². The maximum atomic E-state index is 6.07. The van der Waals surface area contributed by atoms with Gasteiger partial charge in [0.15, 0.2) is 0 Å². The van der Waals surface area contributed by atoms with Gasteiger partial charge in [0.1, 0.15) is 11.5 Å². The monoisotopic (exact) mass is 255 g/mol. The first-order valence-electron chi connectivity index (χ1n) is 4.90. The number of halogens is 2. The van der Waals surface area contributed by atoms with Crippen molar-refractivity contribution in [3.8, 4) is 0 Å². The van der Waals surface area contributed by atoms with E-state index in [4.69, 9.17) is 33.4 Å². The van der Waals surface area contributed by atoms with Gasteiger partial charge in [-0.1, -0.05) is 29.3 Å². The van der Waals surface area contributed by atoms with Crippen LogP contribution in [-0.4, -0.2) is 0 Å². The van der Waals surface area contributed by atoms with Crippen LogP contribution < -0.4 is 5.73 Å². The van der Waals surface area contributed by atoms with Crippen molar-refractivity contribution < 1.29 is 4.42 Å². The Labute approximate surface area is 104 Å². The van der Waals surface area contributed by atoms with Crippen LogP contribution in [0.3, 0.4) is 0 Å². The number of rotatable bonds is 3. The van der Waals surface area contributed by atoms with Crippen molar-refractivity contribution in [3.05, 3.63) is 57.5 Å². The van der Waals surface area contributed by atoms with E-state index in [9.17, 15) is 0 Å². The number of hydrogen-bond donors (Lipinski definition) is 1. The molecule has 0 saturated carbocycles. The zero-order valence-electron chi connectivity index (χ0n) is 8.54. The average molecular weight is 256 g/mol. The molecule has 0 spiro atoms. The molecule has 84 valence electrons. The summed E-state index contributed by atoms with van der Waals surface area (Å²) in [5.74, 6) is 1.63. The molecule has 1 heterocycles.